The maximum absolute atomic E-state index is 11.2. The maximum atomic E-state index is 11.2. The number of nitrogens with zero attached hydrogens (tertiary/aromatic N) is 3. The van der Waals surface area contributed by atoms with Gasteiger partial charge in [0.2, 0.25) is 0 Å². The number of hydrogen-bond donors (Lipinski definition) is 0. The smallest absolute Gasteiger partial charge is 0.430 e. The molecule has 0 bridgehead atoms. The molecule has 126 valence electrons. The van der Waals surface area contributed by atoms with E-state index < -0.39 is 11.8 Å². The number of aromatic nitrogens is 2. The number of likely N-dealkylation sites (tertiary alicyclic amines) is 1. The Kier molecular flexibility index (Phi) is 3.76. The van der Waals surface area contributed by atoms with Crippen molar-refractivity contribution in [1.82, 2.24) is 14.5 Å². The largest absolute Gasteiger partial charge is 0.509 e. The number of carbonyl (C=O) groups is 1. The highest BCUT2D eigenvalue weighted by atomic mass is 16.8. The third kappa shape index (κ3) is 2.67. The molecule has 6 nitrogen and oxygen atoms in total. The summed E-state index contributed by atoms with van der Waals surface area (Å²) in [6.07, 6.45) is 2.98. The second kappa shape index (κ2) is 5.94. The molecule has 2 aromatic rings. The number of benzene rings is 1. The molecule has 0 aliphatic carbocycles. The molecule has 6 heteroatoms. The molecule has 0 radical (unpaired) electrons. The Bertz CT molecular complexity index is 775. The lowest BCUT2D eigenvalue weighted by Gasteiger charge is -2.36. The van der Waals surface area contributed by atoms with Gasteiger partial charge >= 0.3 is 6.16 Å². The molecule has 2 aliphatic heterocycles. The number of rotatable bonds is 4. The van der Waals surface area contributed by atoms with Crippen LogP contribution in [0.3, 0.4) is 0 Å². The SMILES string of the molecule is C=CCn1c(CN2CCC3(CC2)COC(=O)O3)nc2ccccc21. The van der Waals surface area contributed by atoms with Gasteiger partial charge in [-0.1, -0.05) is 18.2 Å². The lowest BCUT2D eigenvalue weighted by Crippen LogP contribution is -2.45. The molecular weight excluding hydrogens is 306 g/mol. The number of piperidine rings is 1. The van der Waals surface area contributed by atoms with Gasteiger partial charge in [0, 0.05) is 32.5 Å². The molecule has 1 aromatic heterocycles. The number of fused-ring (bicyclic) bond motifs is 1. The van der Waals surface area contributed by atoms with Gasteiger partial charge in [0.25, 0.3) is 0 Å². The van der Waals surface area contributed by atoms with Gasteiger partial charge in [-0.2, -0.15) is 0 Å². The molecule has 0 atom stereocenters. The van der Waals surface area contributed by atoms with Crippen LogP contribution >= 0.6 is 0 Å². The first-order valence-electron chi connectivity index (χ1n) is 8.32. The summed E-state index contributed by atoms with van der Waals surface area (Å²) in [5.41, 5.74) is 1.74. The quantitative estimate of drug-likeness (QED) is 0.638. The van der Waals surface area contributed by atoms with Gasteiger partial charge in [-0.3, -0.25) is 4.90 Å². The number of para-hydroxylation sites is 2. The molecule has 0 saturated carbocycles. The predicted molar refractivity (Wildman–Crippen MR) is 89.6 cm³/mol. The Morgan fingerprint density at radius 2 is 2.08 bits per heavy atom. The summed E-state index contributed by atoms with van der Waals surface area (Å²) in [4.78, 5) is 18.4. The molecular formula is C18H21N3O3. The fourth-order valence-corrected chi connectivity index (χ4v) is 3.57. The van der Waals surface area contributed by atoms with Crippen LogP contribution in [0.25, 0.3) is 11.0 Å². The highest BCUT2D eigenvalue weighted by Crippen LogP contribution is 2.32. The summed E-state index contributed by atoms with van der Waals surface area (Å²) in [6, 6.07) is 8.18. The minimum atomic E-state index is -0.531. The minimum absolute atomic E-state index is 0.384. The fourth-order valence-electron chi connectivity index (χ4n) is 3.57. The van der Waals surface area contributed by atoms with E-state index in [2.05, 4.69) is 22.1 Å². The fraction of sp³-hybridized carbons (Fsp3) is 0.444. The van der Waals surface area contributed by atoms with Gasteiger partial charge in [0.15, 0.2) is 5.60 Å². The van der Waals surface area contributed by atoms with Crippen molar-refractivity contribution in [3.8, 4) is 0 Å². The van der Waals surface area contributed by atoms with Crippen LogP contribution in [0, 0.1) is 0 Å². The third-order valence-corrected chi connectivity index (χ3v) is 4.93. The van der Waals surface area contributed by atoms with Crippen molar-refractivity contribution < 1.29 is 14.3 Å². The van der Waals surface area contributed by atoms with E-state index in [0.717, 1.165) is 55.9 Å². The average molecular weight is 327 g/mol. The van der Waals surface area contributed by atoms with Crippen LogP contribution in [0.1, 0.15) is 18.7 Å². The number of cyclic esters (lactones) is 1. The maximum Gasteiger partial charge on any atom is 0.509 e. The van der Waals surface area contributed by atoms with E-state index in [0.29, 0.717) is 6.61 Å². The second-order valence-corrected chi connectivity index (χ2v) is 6.52. The summed E-state index contributed by atoms with van der Waals surface area (Å²) in [6.45, 7) is 7.52. The van der Waals surface area contributed by atoms with E-state index >= 15 is 0 Å². The number of ether oxygens (including phenoxy) is 2. The summed E-state index contributed by atoms with van der Waals surface area (Å²) in [5, 5.41) is 0. The minimum Gasteiger partial charge on any atom is -0.430 e. The van der Waals surface area contributed by atoms with Crippen molar-refractivity contribution in [3.05, 3.63) is 42.7 Å². The van der Waals surface area contributed by atoms with Crippen LogP contribution in [0.4, 0.5) is 4.79 Å². The molecule has 2 aliphatic rings. The standard InChI is InChI=1S/C18H21N3O3/c1-2-9-21-15-6-4-3-5-14(15)19-16(21)12-20-10-7-18(8-11-20)13-23-17(22)24-18/h2-6H,1,7-13H2. The predicted octanol–water partition coefficient (Wildman–Crippen LogP) is 2.72. The Labute approximate surface area is 140 Å². The average Bonchev–Trinajstić information content (AvgIpc) is 3.12. The molecule has 2 saturated heterocycles. The third-order valence-electron chi connectivity index (χ3n) is 4.93. The molecule has 2 fully saturated rings. The monoisotopic (exact) mass is 327 g/mol. The summed E-state index contributed by atoms with van der Waals surface area (Å²) in [7, 11) is 0. The van der Waals surface area contributed by atoms with E-state index in [1.165, 1.54) is 0 Å². The van der Waals surface area contributed by atoms with Crippen molar-refractivity contribution >= 4 is 17.2 Å². The first kappa shape index (κ1) is 15.2. The Morgan fingerprint density at radius 1 is 1.29 bits per heavy atom. The first-order valence-corrected chi connectivity index (χ1v) is 8.32. The van der Waals surface area contributed by atoms with Crippen molar-refractivity contribution in [2.24, 2.45) is 0 Å². The van der Waals surface area contributed by atoms with Gasteiger partial charge in [-0.25, -0.2) is 9.78 Å². The number of allylic oxidation sites excluding steroid dienone is 1. The number of hydrogen-bond acceptors (Lipinski definition) is 5. The van der Waals surface area contributed by atoms with E-state index in [-0.39, 0.29) is 0 Å². The Hall–Kier alpha value is -2.34. The Balaban J connectivity index is 1.50. The molecule has 0 unspecified atom stereocenters. The lowest BCUT2D eigenvalue weighted by molar-refractivity contribution is -0.00235. The van der Waals surface area contributed by atoms with Crippen LogP contribution < -0.4 is 0 Å². The highest BCUT2D eigenvalue weighted by Gasteiger charge is 2.44. The number of carbonyl (C=O) groups excluding carboxylic acids is 1. The van der Waals surface area contributed by atoms with Crippen LogP contribution in [-0.4, -0.2) is 45.9 Å². The van der Waals surface area contributed by atoms with Gasteiger partial charge < -0.3 is 14.0 Å². The van der Waals surface area contributed by atoms with Crippen molar-refractivity contribution in [2.75, 3.05) is 19.7 Å². The topological polar surface area (TPSA) is 56.6 Å². The lowest BCUT2D eigenvalue weighted by atomic mass is 9.92. The zero-order valence-electron chi connectivity index (χ0n) is 13.6. The van der Waals surface area contributed by atoms with Crippen molar-refractivity contribution in [1.29, 1.82) is 0 Å². The Morgan fingerprint density at radius 3 is 2.79 bits per heavy atom. The molecule has 0 N–H and O–H groups in total. The highest BCUT2D eigenvalue weighted by molar-refractivity contribution is 5.75. The zero-order valence-corrected chi connectivity index (χ0v) is 13.6. The van der Waals surface area contributed by atoms with Crippen molar-refractivity contribution in [3.63, 3.8) is 0 Å². The van der Waals surface area contributed by atoms with Crippen LogP contribution in [0.5, 0.6) is 0 Å². The normalized spacial score (nSPS) is 20.2. The van der Waals surface area contributed by atoms with E-state index in [9.17, 15) is 4.79 Å². The van der Waals surface area contributed by atoms with E-state index in [1.54, 1.807) is 0 Å². The molecule has 3 heterocycles. The molecule has 24 heavy (non-hydrogen) atoms. The van der Waals surface area contributed by atoms with Crippen LogP contribution in [0.2, 0.25) is 0 Å². The molecule has 1 spiro atoms. The molecule has 0 amide bonds. The number of imidazole rings is 1. The first-order chi connectivity index (χ1) is 11.7. The van der Waals surface area contributed by atoms with Gasteiger partial charge in [-0.05, 0) is 12.1 Å². The van der Waals surface area contributed by atoms with Crippen LogP contribution in [0.15, 0.2) is 36.9 Å². The van der Waals surface area contributed by atoms with Gasteiger partial charge in [0.05, 0.1) is 17.6 Å². The summed E-state index contributed by atoms with van der Waals surface area (Å²) < 4.78 is 12.6. The van der Waals surface area contributed by atoms with Crippen molar-refractivity contribution in [2.45, 2.75) is 31.5 Å². The van der Waals surface area contributed by atoms with E-state index in [4.69, 9.17) is 14.5 Å². The van der Waals surface area contributed by atoms with E-state index in [1.807, 2.05) is 24.3 Å². The van der Waals surface area contributed by atoms with Gasteiger partial charge in [-0.15, -0.1) is 6.58 Å². The summed E-state index contributed by atoms with van der Waals surface area (Å²) >= 11 is 0. The van der Waals surface area contributed by atoms with Gasteiger partial charge in [0.1, 0.15) is 12.4 Å². The zero-order chi connectivity index (χ0) is 16.6. The molecule has 4 rings (SSSR count). The summed E-state index contributed by atoms with van der Waals surface area (Å²) in [5.74, 6) is 1.05. The second-order valence-electron chi connectivity index (χ2n) is 6.52. The van der Waals surface area contributed by atoms with Crippen LogP contribution in [-0.2, 0) is 22.6 Å². The molecule has 1 aromatic carbocycles.